The summed E-state index contributed by atoms with van der Waals surface area (Å²) in [6, 6.07) is 7.06. The van der Waals surface area contributed by atoms with E-state index in [1.807, 2.05) is 11.1 Å². The van der Waals surface area contributed by atoms with Crippen LogP contribution in [0.5, 0.6) is 5.75 Å². The molecule has 0 bridgehead atoms. The maximum absolute atomic E-state index is 11.6. The monoisotopic (exact) mass is 407 g/mol. The quantitative estimate of drug-likeness (QED) is 0.777. The Morgan fingerprint density at radius 3 is 2.73 bits per heavy atom. The Hall–Kier alpha value is -2.67. The summed E-state index contributed by atoms with van der Waals surface area (Å²) in [6.45, 7) is 9.89. The Kier molecular flexibility index (Phi) is 5.06. The van der Waals surface area contributed by atoms with Gasteiger partial charge in [-0.15, -0.1) is 0 Å². The molecule has 0 saturated carbocycles. The first kappa shape index (κ1) is 19.3. The second-order valence-corrected chi connectivity index (χ2v) is 8.50. The third kappa shape index (κ3) is 3.62. The largest absolute Gasteiger partial charge is 0.493 e. The van der Waals surface area contributed by atoms with Gasteiger partial charge in [0.1, 0.15) is 5.75 Å². The minimum atomic E-state index is 0.116. The van der Waals surface area contributed by atoms with E-state index in [1.165, 1.54) is 11.1 Å². The summed E-state index contributed by atoms with van der Waals surface area (Å²) in [5.74, 6) is 2.00. The van der Waals surface area contributed by atoms with Gasteiger partial charge in [-0.3, -0.25) is 9.69 Å². The molecule has 3 aliphatic heterocycles. The third-order valence-electron chi connectivity index (χ3n) is 6.71. The van der Waals surface area contributed by atoms with E-state index < -0.39 is 0 Å². The molecule has 1 saturated heterocycles. The zero-order valence-corrected chi connectivity index (χ0v) is 17.8. The first-order valence-corrected chi connectivity index (χ1v) is 10.9. The van der Waals surface area contributed by atoms with Crippen LogP contribution in [0.4, 0.5) is 5.95 Å². The molecular weight excluding hydrogens is 378 g/mol. The lowest BCUT2D eigenvalue weighted by molar-refractivity contribution is -0.129. The number of carbonyl (C=O) groups excluding carboxylic acids is 1. The lowest BCUT2D eigenvalue weighted by Crippen LogP contribution is -2.48. The second-order valence-electron chi connectivity index (χ2n) is 8.50. The predicted molar refractivity (Wildman–Crippen MR) is 115 cm³/mol. The Balaban J connectivity index is 1.22. The molecule has 0 aliphatic carbocycles. The Bertz CT molecular complexity index is 955. The van der Waals surface area contributed by atoms with Crippen LogP contribution in [-0.2, 0) is 24.2 Å². The fraction of sp³-hybridized carbons (Fsp3) is 0.522. The molecule has 0 N–H and O–H groups in total. The lowest BCUT2D eigenvalue weighted by atomic mass is 10.0. The third-order valence-corrected chi connectivity index (χ3v) is 6.71. The van der Waals surface area contributed by atoms with Crippen LogP contribution < -0.4 is 9.64 Å². The van der Waals surface area contributed by atoms with Crippen molar-refractivity contribution in [3.05, 3.63) is 46.8 Å². The molecule has 1 fully saturated rings. The first-order valence-electron chi connectivity index (χ1n) is 10.9. The van der Waals surface area contributed by atoms with E-state index in [0.29, 0.717) is 12.6 Å². The van der Waals surface area contributed by atoms with Crippen LogP contribution in [-0.4, -0.2) is 65.0 Å². The average molecular weight is 408 g/mol. The molecule has 0 spiro atoms. The Morgan fingerprint density at radius 1 is 1.10 bits per heavy atom. The zero-order valence-electron chi connectivity index (χ0n) is 17.8. The number of nitrogens with zero attached hydrogens (tertiary/aromatic N) is 5. The fourth-order valence-corrected chi connectivity index (χ4v) is 4.69. The highest BCUT2D eigenvalue weighted by molar-refractivity contribution is 5.73. The number of hydrogen-bond donors (Lipinski definition) is 0. The minimum Gasteiger partial charge on any atom is -0.493 e. The fourth-order valence-electron chi connectivity index (χ4n) is 4.69. The van der Waals surface area contributed by atoms with Crippen LogP contribution in [0.3, 0.4) is 0 Å². The van der Waals surface area contributed by atoms with Crippen molar-refractivity contribution >= 4 is 11.9 Å². The second kappa shape index (κ2) is 7.87. The molecule has 0 radical (unpaired) electrons. The number of amides is 1. The number of anilines is 1. The first-order chi connectivity index (χ1) is 14.6. The number of hydrogen-bond acceptors (Lipinski definition) is 6. The summed E-state index contributed by atoms with van der Waals surface area (Å²) in [4.78, 5) is 27.8. The maximum Gasteiger partial charge on any atom is 0.225 e. The Morgan fingerprint density at radius 2 is 1.93 bits per heavy atom. The normalized spacial score (nSPS) is 19.8. The standard InChI is InChI=1S/C23H29N5O2/c1-16(19-4-3-18-6-12-30-22(18)13-19)26-8-10-27(11-9-26)23-24-14-20-15-28(17(2)29)7-5-21(20)25-23/h3-4,13-14,16H,5-12,15H2,1-2H3. The molecule has 1 atom stereocenters. The predicted octanol–water partition coefficient (Wildman–Crippen LogP) is 2.20. The summed E-state index contributed by atoms with van der Waals surface area (Å²) < 4.78 is 5.75. The summed E-state index contributed by atoms with van der Waals surface area (Å²) in [5.41, 5.74) is 4.81. The molecular formula is C23H29N5O2. The van der Waals surface area contributed by atoms with Gasteiger partial charge in [0.25, 0.3) is 0 Å². The number of piperazine rings is 1. The van der Waals surface area contributed by atoms with Crippen LogP contribution in [0.1, 0.15) is 42.3 Å². The summed E-state index contributed by atoms with van der Waals surface area (Å²) in [5, 5.41) is 0. The van der Waals surface area contributed by atoms with E-state index in [-0.39, 0.29) is 5.91 Å². The van der Waals surface area contributed by atoms with E-state index in [2.05, 4.69) is 39.9 Å². The summed E-state index contributed by atoms with van der Waals surface area (Å²) >= 11 is 0. The van der Waals surface area contributed by atoms with Gasteiger partial charge in [-0.05, 0) is 24.1 Å². The van der Waals surface area contributed by atoms with E-state index in [1.54, 1.807) is 6.92 Å². The van der Waals surface area contributed by atoms with Crippen molar-refractivity contribution in [1.82, 2.24) is 19.8 Å². The molecule has 1 unspecified atom stereocenters. The van der Waals surface area contributed by atoms with Gasteiger partial charge in [-0.25, -0.2) is 9.97 Å². The molecule has 5 rings (SSSR count). The van der Waals surface area contributed by atoms with Crippen molar-refractivity contribution in [1.29, 1.82) is 0 Å². The van der Waals surface area contributed by atoms with Gasteiger partial charge in [0.15, 0.2) is 0 Å². The van der Waals surface area contributed by atoms with Gasteiger partial charge >= 0.3 is 0 Å². The molecule has 158 valence electrons. The van der Waals surface area contributed by atoms with Gasteiger partial charge in [0, 0.05) is 76.8 Å². The molecule has 1 aromatic heterocycles. The molecule has 1 amide bonds. The maximum atomic E-state index is 11.6. The van der Waals surface area contributed by atoms with Crippen LogP contribution >= 0.6 is 0 Å². The van der Waals surface area contributed by atoms with Crippen molar-refractivity contribution in [2.45, 2.75) is 39.3 Å². The van der Waals surface area contributed by atoms with Crippen molar-refractivity contribution in [3.8, 4) is 5.75 Å². The minimum absolute atomic E-state index is 0.116. The number of benzene rings is 1. The van der Waals surface area contributed by atoms with E-state index >= 15 is 0 Å². The smallest absolute Gasteiger partial charge is 0.225 e. The van der Waals surface area contributed by atoms with Gasteiger partial charge in [-0.1, -0.05) is 12.1 Å². The van der Waals surface area contributed by atoms with Crippen LogP contribution in [0.25, 0.3) is 0 Å². The van der Waals surface area contributed by atoms with Gasteiger partial charge in [-0.2, -0.15) is 0 Å². The molecule has 7 nitrogen and oxygen atoms in total. The zero-order chi connectivity index (χ0) is 20.7. The molecule has 3 aliphatic rings. The Labute approximate surface area is 177 Å². The number of carbonyl (C=O) groups is 1. The highest BCUT2D eigenvalue weighted by Gasteiger charge is 2.26. The molecule has 7 heteroatoms. The van der Waals surface area contributed by atoms with Gasteiger partial charge < -0.3 is 14.5 Å². The average Bonchev–Trinajstić information content (AvgIpc) is 3.26. The van der Waals surface area contributed by atoms with Crippen LogP contribution in [0.15, 0.2) is 24.4 Å². The topological polar surface area (TPSA) is 61.8 Å². The molecule has 2 aromatic rings. The summed E-state index contributed by atoms with van der Waals surface area (Å²) in [7, 11) is 0. The van der Waals surface area contributed by atoms with Crippen molar-refractivity contribution in [2.75, 3.05) is 44.2 Å². The number of ether oxygens (including phenoxy) is 1. The lowest BCUT2D eigenvalue weighted by Gasteiger charge is -2.38. The van der Waals surface area contributed by atoms with Crippen LogP contribution in [0, 0.1) is 0 Å². The molecule has 4 heterocycles. The van der Waals surface area contributed by atoms with E-state index in [0.717, 1.165) is 75.1 Å². The SMILES string of the molecule is CC(=O)N1CCc2nc(N3CCN(C(C)c4ccc5c(c4)OCC5)CC3)ncc2C1. The van der Waals surface area contributed by atoms with Crippen molar-refractivity contribution < 1.29 is 9.53 Å². The highest BCUT2D eigenvalue weighted by Crippen LogP contribution is 2.31. The van der Waals surface area contributed by atoms with E-state index in [9.17, 15) is 4.79 Å². The molecule has 30 heavy (non-hydrogen) atoms. The van der Waals surface area contributed by atoms with Gasteiger partial charge in [0.05, 0.1) is 12.3 Å². The molecule has 1 aromatic carbocycles. The summed E-state index contributed by atoms with van der Waals surface area (Å²) in [6.07, 6.45) is 3.74. The van der Waals surface area contributed by atoms with Crippen LogP contribution in [0.2, 0.25) is 0 Å². The van der Waals surface area contributed by atoms with E-state index in [4.69, 9.17) is 9.72 Å². The number of fused-ring (bicyclic) bond motifs is 2. The highest BCUT2D eigenvalue weighted by atomic mass is 16.5. The van der Waals surface area contributed by atoms with Crippen molar-refractivity contribution in [2.24, 2.45) is 0 Å². The van der Waals surface area contributed by atoms with Crippen molar-refractivity contribution in [3.63, 3.8) is 0 Å². The number of rotatable bonds is 3. The van der Waals surface area contributed by atoms with Gasteiger partial charge in [0.2, 0.25) is 11.9 Å². The number of aromatic nitrogens is 2.